The maximum Gasteiger partial charge on any atom is 0.360 e. The molecule has 0 heterocycles. The molecule has 0 saturated heterocycles. The minimum Gasteiger partial charge on any atom is -0.549 e. The summed E-state index contributed by atoms with van der Waals surface area (Å²) in [7, 11) is -4.97. The van der Waals surface area contributed by atoms with Crippen LogP contribution in [0.3, 0.4) is 0 Å². The number of allylic oxidation sites excluding steroid dienone is 1. The molecular weight excluding hydrogens is 315 g/mol. The first kappa shape index (κ1) is 20.2. The fourth-order valence-corrected chi connectivity index (χ4v) is 3.93. The van der Waals surface area contributed by atoms with Crippen LogP contribution in [0.25, 0.3) is 0 Å². The molecule has 0 aliphatic rings. The summed E-state index contributed by atoms with van der Waals surface area (Å²) in [6, 6.07) is 0. The van der Waals surface area contributed by atoms with Gasteiger partial charge < -0.3 is 13.5 Å². The van der Waals surface area contributed by atoms with Crippen LogP contribution in [0.5, 0.6) is 0 Å². The molecule has 0 aromatic rings. The topological polar surface area (TPSA) is 44.8 Å². The van der Waals surface area contributed by atoms with Crippen molar-refractivity contribution >= 4 is 27.5 Å². The van der Waals surface area contributed by atoms with Gasteiger partial charge in [0.25, 0.3) is 0 Å². The Kier molecular flexibility index (Phi) is 10.1. The number of alkyl halides is 1. The van der Waals surface area contributed by atoms with Crippen molar-refractivity contribution in [1.82, 2.24) is 0 Å². The van der Waals surface area contributed by atoms with Crippen molar-refractivity contribution in [2.24, 2.45) is 0 Å². The van der Waals surface area contributed by atoms with E-state index in [2.05, 4.69) is 19.6 Å². The summed E-state index contributed by atoms with van der Waals surface area (Å²) in [5.74, 6) is 0.593. The van der Waals surface area contributed by atoms with E-state index in [4.69, 9.17) is 25.1 Å². The molecule has 0 aliphatic carbocycles. The molecule has 4 nitrogen and oxygen atoms in total. The maximum absolute atomic E-state index is 12.8. The first-order valence-electron chi connectivity index (χ1n) is 7.11. The zero-order valence-corrected chi connectivity index (χ0v) is 15.9. The molecule has 120 valence electrons. The summed E-state index contributed by atoms with van der Waals surface area (Å²) in [6.45, 7) is 10.5. The summed E-state index contributed by atoms with van der Waals surface area (Å²) in [6.07, 6.45) is 3.93. The third kappa shape index (κ3) is 8.48. The fraction of sp³-hybridized carbons (Fsp3) is 0.846. The van der Waals surface area contributed by atoms with Crippen LogP contribution in [0.1, 0.15) is 33.1 Å². The van der Waals surface area contributed by atoms with Gasteiger partial charge in [-0.05, 0) is 52.8 Å². The van der Waals surface area contributed by atoms with Crippen LogP contribution >= 0.6 is 19.2 Å². The number of rotatable bonds is 11. The lowest BCUT2D eigenvalue weighted by atomic mass is 10.2. The molecule has 0 radical (unpaired) electrons. The highest BCUT2D eigenvalue weighted by molar-refractivity contribution is 7.58. The highest BCUT2D eigenvalue weighted by atomic mass is 35.5. The lowest BCUT2D eigenvalue weighted by molar-refractivity contribution is 0.224. The van der Waals surface area contributed by atoms with E-state index in [0.717, 1.165) is 12.8 Å². The summed E-state index contributed by atoms with van der Waals surface area (Å²) in [5, 5.41) is 0.619. The zero-order chi connectivity index (χ0) is 15.6. The third-order valence-corrected chi connectivity index (χ3v) is 5.64. The van der Waals surface area contributed by atoms with Gasteiger partial charge >= 0.3 is 7.60 Å². The van der Waals surface area contributed by atoms with Gasteiger partial charge in [-0.3, -0.25) is 4.57 Å². The molecule has 0 atom stereocenters. The molecule has 0 spiro atoms. The van der Waals surface area contributed by atoms with E-state index < -0.39 is 15.9 Å². The fourth-order valence-electron chi connectivity index (χ4n) is 1.45. The van der Waals surface area contributed by atoms with Gasteiger partial charge in [0.15, 0.2) is 0 Å². The molecule has 0 aliphatic heterocycles. The molecule has 0 aromatic carbocycles. The summed E-state index contributed by atoms with van der Waals surface area (Å²) < 4.78 is 29.4. The smallest absolute Gasteiger partial charge is 0.360 e. The molecular formula is C13H28ClO4PSi. The Labute approximate surface area is 129 Å². The summed E-state index contributed by atoms with van der Waals surface area (Å²) >= 11 is 5.70. The van der Waals surface area contributed by atoms with Crippen molar-refractivity contribution in [2.75, 3.05) is 19.1 Å². The Morgan fingerprint density at radius 3 is 2.10 bits per heavy atom. The second-order valence-electron chi connectivity index (χ2n) is 5.32. The maximum atomic E-state index is 12.8. The van der Waals surface area contributed by atoms with Crippen molar-refractivity contribution < 1.29 is 18.0 Å². The van der Waals surface area contributed by atoms with E-state index >= 15 is 0 Å². The van der Waals surface area contributed by atoms with E-state index in [1.54, 1.807) is 20.1 Å². The summed E-state index contributed by atoms with van der Waals surface area (Å²) in [5.41, 5.74) is 0. The molecule has 0 amide bonds. The SMILES string of the molecule is CCOP(=O)(OCC)/C(=C/O[Si](C)(C)C)CCCCCl. The van der Waals surface area contributed by atoms with Gasteiger partial charge in [-0.1, -0.05) is 0 Å². The van der Waals surface area contributed by atoms with E-state index in [0.29, 0.717) is 30.8 Å². The van der Waals surface area contributed by atoms with Gasteiger partial charge in [-0.15, -0.1) is 11.6 Å². The van der Waals surface area contributed by atoms with E-state index in [-0.39, 0.29) is 0 Å². The zero-order valence-electron chi connectivity index (χ0n) is 13.3. The van der Waals surface area contributed by atoms with E-state index in [1.165, 1.54) is 0 Å². The van der Waals surface area contributed by atoms with Crippen molar-refractivity contribution in [3.8, 4) is 0 Å². The molecule has 0 N–H and O–H groups in total. The molecule has 20 heavy (non-hydrogen) atoms. The lowest BCUT2D eigenvalue weighted by Crippen LogP contribution is -2.22. The monoisotopic (exact) mass is 342 g/mol. The molecule has 7 heteroatoms. The van der Waals surface area contributed by atoms with Crippen LogP contribution < -0.4 is 0 Å². The summed E-state index contributed by atoms with van der Waals surface area (Å²) in [4.78, 5) is 0. The Morgan fingerprint density at radius 1 is 1.15 bits per heavy atom. The van der Waals surface area contributed by atoms with Crippen molar-refractivity contribution in [1.29, 1.82) is 0 Å². The quantitative estimate of drug-likeness (QED) is 0.167. The second-order valence-corrected chi connectivity index (χ2v) is 12.2. The van der Waals surface area contributed by atoms with Crippen LogP contribution in [0.4, 0.5) is 0 Å². The second kappa shape index (κ2) is 10.0. The molecule has 0 rings (SSSR count). The largest absolute Gasteiger partial charge is 0.549 e. The Bertz CT molecular complexity index is 332. The predicted molar refractivity (Wildman–Crippen MR) is 87.9 cm³/mol. The average molecular weight is 343 g/mol. The van der Waals surface area contributed by atoms with Crippen LogP contribution in [0.2, 0.25) is 19.6 Å². The van der Waals surface area contributed by atoms with Crippen molar-refractivity contribution in [2.45, 2.75) is 52.8 Å². The number of hydrogen-bond donors (Lipinski definition) is 0. The normalized spacial score (nSPS) is 13.6. The lowest BCUT2D eigenvalue weighted by Gasteiger charge is -2.22. The minimum absolute atomic E-state index is 0.344. The Morgan fingerprint density at radius 2 is 1.70 bits per heavy atom. The number of unbranched alkanes of at least 4 members (excludes halogenated alkanes) is 1. The van der Waals surface area contributed by atoms with E-state index in [1.807, 2.05) is 0 Å². The number of hydrogen-bond acceptors (Lipinski definition) is 4. The molecule has 0 unspecified atom stereocenters. The van der Waals surface area contributed by atoms with Crippen LogP contribution in [-0.2, 0) is 18.0 Å². The standard InChI is InChI=1S/C13H28ClO4PSi/c1-6-16-19(15,17-7-2)13(10-8-9-11-14)12-18-20(3,4)5/h12H,6-11H2,1-5H3/b13-12+. The van der Waals surface area contributed by atoms with Crippen molar-refractivity contribution in [3.63, 3.8) is 0 Å². The molecule has 0 bridgehead atoms. The van der Waals surface area contributed by atoms with Gasteiger partial charge in [0, 0.05) is 5.88 Å². The van der Waals surface area contributed by atoms with Crippen LogP contribution in [0, 0.1) is 0 Å². The van der Waals surface area contributed by atoms with Gasteiger partial charge in [0.05, 0.1) is 24.8 Å². The van der Waals surface area contributed by atoms with Gasteiger partial charge in [-0.2, -0.15) is 0 Å². The predicted octanol–water partition coefficient (Wildman–Crippen LogP) is 5.35. The Balaban J connectivity index is 5.08. The molecule has 0 saturated carbocycles. The Hall–Kier alpha value is 0.197. The highest BCUT2D eigenvalue weighted by Gasteiger charge is 2.30. The van der Waals surface area contributed by atoms with Gasteiger partial charge in [0.2, 0.25) is 8.32 Å². The van der Waals surface area contributed by atoms with Crippen molar-refractivity contribution in [3.05, 3.63) is 11.6 Å². The first-order valence-corrected chi connectivity index (χ1v) is 12.6. The molecule has 0 aromatic heterocycles. The molecule has 0 fully saturated rings. The van der Waals surface area contributed by atoms with Crippen LogP contribution in [0.15, 0.2) is 11.6 Å². The number of halogens is 1. The average Bonchev–Trinajstić information content (AvgIpc) is 2.32. The third-order valence-electron chi connectivity index (χ3n) is 2.31. The van der Waals surface area contributed by atoms with E-state index in [9.17, 15) is 4.57 Å². The van der Waals surface area contributed by atoms with Crippen LogP contribution in [-0.4, -0.2) is 27.4 Å². The minimum atomic E-state index is -3.24. The first-order chi connectivity index (χ1) is 9.29. The van der Waals surface area contributed by atoms with Gasteiger partial charge in [0.1, 0.15) is 0 Å². The highest BCUT2D eigenvalue weighted by Crippen LogP contribution is 2.57. The van der Waals surface area contributed by atoms with Gasteiger partial charge in [-0.25, -0.2) is 0 Å².